The van der Waals surface area contributed by atoms with Crippen molar-refractivity contribution in [2.45, 2.75) is 39.2 Å². The number of aryl methyl sites for hydroxylation is 2. The first-order valence-electron chi connectivity index (χ1n) is 6.86. The molecular formula is C14H19N5. The zero-order valence-electron chi connectivity index (χ0n) is 11.2. The van der Waals surface area contributed by atoms with Crippen molar-refractivity contribution in [3.05, 3.63) is 23.8 Å². The second kappa shape index (κ2) is 4.99. The van der Waals surface area contributed by atoms with Crippen LogP contribution in [0, 0.1) is 12.8 Å². The van der Waals surface area contributed by atoms with E-state index in [1.54, 1.807) is 0 Å². The fourth-order valence-corrected chi connectivity index (χ4v) is 2.42. The zero-order chi connectivity index (χ0) is 13.2. The fraction of sp³-hybridized carbons (Fsp3) is 0.500. The highest BCUT2D eigenvalue weighted by Crippen LogP contribution is 2.33. The molecule has 0 bridgehead atoms. The van der Waals surface area contributed by atoms with Crippen LogP contribution in [0.15, 0.2) is 18.2 Å². The lowest BCUT2D eigenvalue weighted by Crippen LogP contribution is -2.04. The van der Waals surface area contributed by atoms with Gasteiger partial charge in [0.25, 0.3) is 0 Å². The van der Waals surface area contributed by atoms with Crippen LogP contribution in [-0.4, -0.2) is 20.2 Å². The molecular weight excluding hydrogens is 238 g/mol. The standard InChI is InChI=1S/C14H19N5/c1-10-9-12(15)6-7-13(10)14-16-17-18-19(14)8-2-3-11-4-5-11/h6-7,9,11H,2-5,8,15H2,1H3. The van der Waals surface area contributed by atoms with E-state index in [4.69, 9.17) is 5.73 Å². The predicted molar refractivity (Wildman–Crippen MR) is 74.4 cm³/mol. The Morgan fingerprint density at radius 1 is 1.37 bits per heavy atom. The molecule has 0 atom stereocenters. The number of rotatable bonds is 5. The largest absolute Gasteiger partial charge is 0.399 e. The Hall–Kier alpha value is -1.91. The molecule has 0 aliphatic heterocycles. The van der Waals surface area contributed by atoms with E-state index in [0.717, 1.165) is 41.5 Å². The third kappa shape index (κ3) is 2.75. The Morgan fingerprint density at radius 2 is 2.21 bits per heavy atom. The molecule has 1 aromatic carbocycles. The van der Waals surface area contributed by atoms with E-state index in [-0.39, 0.29) is 0 Å². The summed E-state index contributed by atoms with van der Waals surface area (Å²) >= 11 is 0. The number of nitrogens with two attached hydrogens (primary N) is 1. The van der Waals surface area contributed by atoms with Crippen molar-refractivity contribution in [1.82, 2.24) is 20.2 Å². The number of tetrazole rings is 1. The molecule has 0 saturated heterocycles. The SMILES string of the molecule is Cc1cc(N)ccc1-c1nnnn1CCCC1CC1. The minimum absolute atomic E-state index is 0.772. The number of nitrogen functional groups attached to an aromatic ring is 1. The van der Waals surface area contributed by atoms with Gasteiger partial charge in [-0.1, -0.05) is 12.8 Å². The van der Waals surface area contributed by atoms with Crippen LogP contribution in [0.3, 0.4) is 0 Å². The molecule has 100 valence electrons. The number of nitrogens with zero attached hydrogens (tertiary/aromatic N) is 4. The maximum absolute atomic E-state index is 5.78. The molecule has 1 fully saturated rings. The second-order valence-electron chi connectivity index (χ2n) is 5.39. The van der Waals surface area contributed by atoms with Gasteiger partial charge in [0.05, 0.1) is 0 Å². The van der Waals surface area contributed by atoms with Crippen molar-refractivity contribution in [2.75, 3.05) is 5.73 Å². The van der Waals surface area contributed by atoms with Gasteiger partial charge in [-0.05, 0) is 59.9 Å². The van der Waals surface area contributed by atoms with E-state index < -0.39 is 0 Å². The molecule has 0 unspecified atom stereocenters. The second-order valence-corrected chi connectivity index (χ2v) is 5.39. The van der Waals surface area contributed by atoms with E-state index in [1.165, 1.54) is 19.3 Å². The quantitative estimate of drug-likeness (QED) is 0.835. The van der Waals surface area contributed by atoms with Crippen molar-refractivity contribution in [3.8, 4) is 11.4 Å². The molecule has 1 saturated carbocycles. The number of anilines is 1. The first-order valence-corrected chi connectivity index (χ1v) is 6.86. The van der Waals surface area contributed by atoms with Gasteiger partial charge in [-0.3, -0.25) is 0 Å². The Labute approximate surface area is 112 Å². The molecule has 1 aromatic heterocycles. The molecule has 1 heterocycles. The van der Waals surface area contributed by atoms with Crippen molar-refractivity contribution in [1.29, 1.82) is 0 Å². The summed E-state index contributed by atoms with van der Waals surface area (Å²) in [6.07, 6.45) is 5.25. The maximum atomic E-state index is 5.78. The van der Waals surface area contributed by atoms with Crippen molar-refractivity contribution < 1.29 is 0 Å². The van der Waals surface area contributed by atoms with E-state index in [0.29, 0.717) is 0 Å². The summed E-state index contributed by atoms with van der Waals surface area (Å²) in [4.78, 5) is 0. The molecule has 19 heavy (non-hydrogen) atoms. The molecule has 3 rings (SSSR count). The fourth-order valence-electron chi connectivity index (χ4n) is 2.42. The van der Waals surface area contributed by atoms with Crippen molar-refractivity contribution in [2.24, 2.45) is 5.92 Å². The number of benzene rings is 1. The summed E-state index contributed by atoms with van der Waals surface area (Å²) in [6.45, 7) is 2.93. The first kappa shape index (κ1) is 12.1. The Bertz CT molecular complexity index is 571. The van der Waals surface area contributed by atoms with Gasteiger partial charge in [0.1, 0.15) is 0 Å². The van der Waals surface area contributed by atoms with Crippen LogP contribution >= 0.6 is 0 Å². The zero-order valence-corrected chi connectivity index (χ0v) is 11.2. The minimum Gasteiger partial charge on any atom is -0.399 e. The normalized spacial score (nSPS) is 14.8. The smallest absolute Gasteiger partial charge is 0.182 e. The number of hydrogen-bond donors (Lipinski definition) is 1. The van der Waals surface area contributed by atoms with Gasteiger partial charge in [-0.15, -0.1) is 5.10 Å². The summed E-state index contributed by atoms with van der Waals surface area (Å²) in [7, 11) is 0. The molecule has 0 amide bonds. The first-order chi connectivity index (χ1) is 9.24. The number of aromatic nitrogens is 4. The summed E-state index contributed by atoms with van der Waals surface area (Å²) in [6, 6.07) is 5.85. The van der Waals surface area contributed by atoms with Crippen LogP contribution < -0.4 is 5.73 Å². The van der Waals surface area contributed by atoms with Gasteiger partial charge >= 0.3 is 0 Å². The molecule has 2 N–H and O–H groups in total. The van der Waals surface area contributed by atoms with E-state index in [9.17, 15) is 0 Å². The van der Waals surface area contributed by atoms with Gasteiger partial charge in [0, 0.05) is 17.8 Å². The molecule has 1 aliphatic carbocycles. The average Bonchev–Trinajstić information content (AvgIpc) is 3.08. The van der Waals surface area contributed by atoms with E-state index >= 15 is 0 Å². The van der Waals surface area contributed by atoms with Crippen molar-refractivity contribution in [3.63, 3.8) is 0 Å². The highest BCUT2D eigenvalue weighted by atomic mass is 15.5. The van der Waals surface area contributed by atoms with Crippen molar-refractivity contribution >= 4 is 5.69 Å². The van der Waals surface area contributed by atoms with E-state index in [1.807, 2.05) is 29.8 Å². The molecule has 0 radical (unpaired) electrons. The van der Waals surface area contributed by atoms with Gasteiger partial charge in [0.2, 0.25) is 0 Å². The highest BCUT2D eigenvalue weighted by Gasteiger charge is 2.20. The monoisotopic (exact) mass is 257 g/mol. The van der Waals surface area contributed by atoms with Crippen LogP contribution in [0.1, 0.15) is 31.2 Å². The third-order valence-corrected chi connectivity index (χ3v) is 3.70. The maximum Gasteiger partial charge on any atom is 0.182 e. The Kier molecular flexibility index (Phi) is 3.19. The third-order valence-electron chi connectivity index (χ3n) is 3.70. The summed E-state index contributed by atoms with van der Waals surface area (Å²) in [5.41, 5.74) is 8.72. The predicted octanol–water partition coefficient (Wildman–Crippen LogP) is 2.42. The lowest BCUT2D eigenvalue weighted by Gasteiger charge is -2.07. The molecule has 5 nitrogen and oxygen atoms in total. The Morgan fingerprint density at radius 3 is 2.95 bits per heavy atom. The summed E-state index contributed by atoms with van der Waals surface area (Å²) in [5.74, 6) is 1.80. The summed E-state index contributed by atoms with van der Waals surface area (Å²) < 4.78 is 1.90. The molecule has 5 heteroatoms. The lowest BCUT2D eigenvalue weighted by molar-refractivity contribution is 0.526. The molecule has 1 aliphatic rings. The van der Waals surface area contributed by atoms with Crippen LogP contribution in [0.25, 0.3) is 11.4 Å². The molecule has 2 aromatic rings. The van der Waals surface area contributed by atoms with Gasteiger partial charge in [0.15, 0.2) is 5.82 Å². The van der Waals surface area contributed by atoms with Crippen LogP contribution in [0.2, 0.25) is 0 Å². The van der Waals surface area contributed by atoms with E-state index in [2.05, 4.69) is 15.5 Å². The van der Waals surface area contributed by atoms with Gasteiger partial charge in [-0.2, -0.15) is 0 Å². The van der Waals surface area contributed by atoms with Gasteiger partial charge in [-0.25, -0.2) is 4.68 Å². The number of hydrogen-bond acceptors (Lipinski definition) is 4. The van der Waals surface area contributed by atoms with Gasteiger partial charge < -0.3 is 5.73 Å². The molecule has 0 spiro atoms. The Balaban J connectivity index is 1.77. The topological polar surface area (TPSA) is 69.6 Å². The minimum atomic E-state index is 0.772. The summed E-state index contributed by atoms with van der Waals surface area (Å²) in [5, 5.41) is 12.1. The van der Waals surface area contributed by atoms with Crippen LogP contribution in [0.4, 0.5) is 5.69 Å². The average molecular weight is 257 g/mol. The van der Waals surface area contributed by atoms with Crippen LogP contribution in [-0.2, 0) is 6.54 Å². The highest BCUT2D eigenvalue weighted by molar-refractivity contribution is 5.63. The lowest BCUT2D eigenvalue weighted by atomic mass is 10.1. The van der Waals surface area contributed by atoms with Crippen LogP contribution in [0.5, 0.6) is 0 Å².